The Balaban J connectivity index is 1.82. The van der Waals surface area contributed by atoms with Gasteiger partial charge in [0.15, 0.2) is 5.58 Å². The lowest BCUT2D eigenvalue weighted by atomic mass is 9.90. The molecule has 1 aliphatic heterocycles. The molecule has 3 nitrogen and oxygen atoms in total. The summed E-state index contributed by atoms with van der Waals surface area (Å²) in [6.45, 7) is 1.14. The fraction of sp³-hybridized carbons (Fsp3) is 0.308. The molecule has 0 aromatic carbocycles. The van der Waals surface area contributed by atoms with Crippen molar-refractivity contribution in [2.24, 2.45) is 5.92 Å². The Hall–Kier alpha value is -1.61. The van der Waals surface area contributed by atoms with Crippen LogP contribution in [-0.4, -0.2) is 17.6 Å². The van der Waals surface area contributed by atoms with Crippen molar-refractivity contribution in [2.45, 2.75) is 12.5 Å². The van der Waals surface area contributed by atoms with Crippen molar-refractivity contribution in [2.75, 3.05) is 6.54 Å². The van der Waals surface area contributed by atoms with Crippen molar-refractivity contribution in [3.63, 3.8) is 0 Å². The predicted molar refractivity (Wildman–Crippen MR) is 61.9 cm³/mol. The number of rotatable bonds is 1. The second kappa shape index (κ2) is 2.95. The van der Waals surface area contributed by atoms with E-state index in [1.165, 1.54) is 12.0 Å². The molecule has 4 rings (SSSR count). The van der Waals surface area contributed by atoms with Gasteiger partial charge in [0, 0.05) is 30.4 Å². The number of nitrogens with one attached hydrogen (secondary N) is 1. The molecule has 1 N–H and O–H groups in total. The topological polar surface area (TPSA) is 38.1 Å². The first kappa shape index (κ1) is 8.53. The van der Waals surface area contributed by atoms with Crippen LogP contribution in [0, 0.1) is 5.92 Å². The highest BCUT2D eigenvalue weighted by molar-refractivity contribution is 5.80. The molecule has 0 spiro atoms. The summed E-state index contributed by atoms with van der Waals surface area (Å²) in [5, 5.41) is 3.45. The minimum absolute atomic E-state index is 0.514. The first-order chi connectivity index (χ1) is 7.92. The van der Waals surface area contributed by atoms with Crippen LogP contribution in [0.4, 0.5) is 0 Å². The molecule has 3 heteroatoms. The Morgan fingerprint density at radius 2 is 2.44 bits per heavy atom. The second-order valence-electron chi connectivity index (χ2n) is 4.54. The number of furan rings is 1. The van der Waals surface area contributed by atoms with Crippen molar-refractivity contribution in [3.05, 3.63) is 36.2 Å². The Morgan fingerprint density at radius 3 is 3.19 bits per heavy atom. The minimum Gasteiger partial charge on any atom is -0.455 e. The lowest BCUT2D eigenvalue weighted by molar-refractivity contribution is 0.304. The van der Waals surface area contributed by atoms with E-state index in [2.05, 4.69) is 16.4 Å². The van der Waals surface area contributed by atoms with Gasteiger partial charge in [0.1, 0.15) is 11.3 Å². The maximum absolute atomic E-state index is 5.83. The third kappa shape index (κ3) is 1.04. The molecule has 0 saturated carbocycles. The van der Waals surface area contributed by atoms with Crippen LogP contribution < -0.4 is 5.32 Å². The van der Waals surface area contributed by atoms with E-state index in [4.69, 9.17) is 4.42 Å². The normalized spacial score (nSPS) is 27.6. The maximum Gasteiger partial charge on any atom is 0.153 e. The fourth-order valence-corrected chi connectivity index (χ4v) is 2.66. The van der Waals surface area contributed by atoms with Gasteiger partial charge in [0.25, 0.3) is 0 Å². The van der Waals surface area contributed by atoms with Crippen LogP contribution in [0.25, 0.3) is 16.7 Å². The van der Waals surface area contributed by atoms with Gasteiger partial charge in [-0.2, -0.15) is 0 Å². The van der Waals surface area contributed by atoms with Crippen LogP contribution in [0.2, 0.25) is 0 Å². The molecule has 2 aromatic rings. The van der Waals surface area contributed by atoms with Gasteiger partial charge in [-0.15, -0.1) is 0 Å². The van der Waals surface area contributed by atoms with Crippen molar-refractivity contribution in [1.29, 1.82) is 0 Å². The minimum atomic E-state index is 0.514. The number of hydrogen-bond donors (Lipinski definition) is 1. The molecule has 1 saturated heterocycles. The molecule has 16 heavy (non-hydrogen) atoms. The zero-order valence-corrected chi connectivity index (χ0v) is 8.81. The SMILES string of the molecule is C1=C(c2cc3ncccc3o2)[C@@H]2NC[C@@H]2C1. The largest absolute Gasteiger partial charge is 0.455 e. The fourth-order valence-electron chi connectivity index (χ4n) is 2.66. The van der Waals surface area contributed by atoms with Crippen LogP contribution in [0.5, 0.6) is 0 Å². The standard InChI is InChI=1S/C13H12N2O/c1-2-11-10(14-5-1)6-12(16-11)9-4-3-8-7-15-13(8)9/h1-2,4-6,8,13,15H,3,7H2/t8-,13+/m0/s1. The second-order valence-corrected chi connectivity index (χ2v) is 4.54. The Labute approximate surface area is 93.2 Å². The molecule has 80 valence electrons. The predicted octanol–water partition coefficient (Wildman–Crippen LogP) is 2.20. The lowest BCUT2D eigenvalue weighted by Gasteiger charge is -2.33. The number of fused-ring (bicyclic) bond motifs is 2. The summed E-state index contributed by atoms with van der Waals surface area (Å²) in [6, 6.07) is 6.43. The molecule has 0 amide bonds. The number of allylic oxidation sites excluding steroid dienone is 1. The highest BCUT2D eigenvalue weighted by atomic mass is 16.3. The van der Waals surface area contributed by atoms with E-state index < -0.39 is 0 Å². The Kier molecular flexibility index (Phi) is 1.57. The summed E-state index contributed by atoms with van der Waals surface area (Å²) in [6.07, 6.45) is 5.28. The van der Waals surface area contributed by atoms with Gasteiger partial charge in [0.05, 0.1) is 0 Å². The monoisotopic (exact) mass is 212 g/mol. The average molecular weight is 212 g/mol. The molecule has 1 fully saturated rings. The number of nitrogens with zero attached hydrogens (tertiary/aromatic N) is 1. The maximum atomic E-state index is 5.83. The average Bonchev–Trinajstić information content (AvgIpc) is 2.79. The first-order valence-corrected chi connectivity index (χ1v) is 5.70. The molecule has 0 unspecified atom stereocenters. The van der Waals surface area contributed by atoms with Crippen LogP contribution in [0.3, 0.4) is 0 Å². The molecular weight excluding hydrogens is 200 g/mol. The Morgan fingerprint density at radius 1 is 1.44 bits per heavy atom. The van der Waals surface area contributed by atoms with Gasteiger partial charge in [0.2, 0.25) is 0 Å². The van der Waals surface area contributed by atoms with Crippen molar-refractivity contribution in [1.82, 2.24) is 10.3 Å². The van der Waals surface area contributed by atoms with Crippen LogP contribution in [-0.2, 0) is 0 Å². The first-order valence-electron chi connectivity index (χ1n) is 5.70. The summed E-state index contributed by atoms with van der Waals surface area (Å²) in [5.41, 5.74) is 3.14. The van der Waals surface area contributed by atoms with Crippen molar-refractivity contribution in [3.8, 4) is 0 Å². The van der Waals surface area contributed by atoms with E-state index in [0.29, 0.717) is 6.04 Å². The van der Waals surface area contributed by atoms with Gasteiger partial charge >= 0.3 is 0 Å². The van der Waals surface area contributed by atoms with Gasteiger partial charge in [-0.25, -0.2) is 0 Å². The van der Waals surface area contributed by atoms with E-state index in [-0.39, 0.29) is 0 Å². The smallest absolute Gasteiger partial charge is 0.153 e. The Bertz CT molecular complexity index is 551. The molecule has 2 aliphatic rings. The third-order valence-corrected chi connectivity index (χ3v) is 3.62. The van der Waals surface area contributed by atoms with E-state index >= 15 is 0 Å². The summed E-state index contributed by atoms with van der Waals surface area (Å²) < 4.78 is 5.83. The van der Waals surface area contributed by atoms with Crippen LogP contribution in [0.1, 0.15) is 12.2 Å². The van der Waals surface area contributed by atoms with Crippen molar-refractivity contribution < 1.29 is 4.42 Å². The quantitative estimate of drug-likeness (QED) is 0.787. The van der Waals surface area contributed by atoms with Gasteiger partial charge in [-0.05, 0) is 24.5 Å². The van der Waals surface area contributed by atoms with Gasteiger partial charge in [-0.1, -0.05) is 6.08 Å². The lowest BCUT2D eigenvalue weighted by Crippen LogP contribution is -2.50. The highest BCUT2D eigenvalue weighted by Gasteiger charge is 2.38. The molecule has 2 atom stereocenters. The van der Waals surface area contributed by atoms with Gasteiger partial charge < -0.3 is 9.73 Å². The third-order valence-electron chi connectivity index (χ3n) is 3.62. The van der Waals surface area contributed by atoms with Gasteiger partial charge in [-0.3, -0.25) is 4.98 Å². The summed E-state index contributed by atoms with van der Waals surface area (Å²) >= 11 is 0. The number of aromatic nitrogens is 1. The van der Waals surface area contributed by atoms with E-state index in [9.17, 15) is 0 Å². The summed E-state index contributed by atoms with van der Waals surface area (Å²) in [4.78, 5) is 4.29. The summed E-state index contributed by atoms with van der Waals surface area (Å²) in [7, 11) is 0. The zero-order chi connectivity index (χ0) is 10.5. The molecule has 2 aromatic heterocycles. The van der Waals surface area contributed by atoms with E-state index in [1.54, 1.807) is 6.20 Å². The van der Waals surface area contributed by atoms with Crippen LogP contribution >= 0.6 is 0 Å². The number of hydrogen-bond acceptors (Lipinski definition) is 3. The molecule has 3 heterocycles. The number of pyridine rings is 1. The molecule has 0 bridgehead atoms. The van der Waals surface area contributed by atoms with E-state index in [0.717, 1.165) is 29.3 Å². The summed E-state index contributed by atoms with van der Waals surface area (Å²) in [5.74, 6) is 1.77. The highest BCUT2D eigenvalue weighted by Crippen LogP contribution is 2.38. The molecule has 1 aliphatic carbocycles. The zero-order valence-electron chi connectivity index (χ0n) is 8.81. The van der Waals surface area contributed by atoms with Crippen molar-refractivity contribution >= 4 is 16.7 Å². The molecular formula is C13H12N2O. The van der Waals surface area contributed by atoms with E-state index in [1.807, 2.05) is 18.2 Å². The van der Waals surface area contributed by atoms with Crippen LogP contribution in [0.15, 0.2) is 34.9 Å². The molecule has 0 radical (unpaired) electrons.